The van der Waals surface area contributed by atoms with Crippen LogP contribution in [0.4, 0.5) is 0 Å². The number of nitrogens with one attached hydrogen (secondary N) is 1. The molecule has 1 heterocycles. The van der Waals surface area contributed by atoms with E-state index in [4.69, 9.17) is 4.84 Å². The van der Waals surface area contributed by atoms with Crippen LogP contribution in [0.5, 0.6) is 0 Å². The van der Waals surface area contributed by atoms with Gasteiger partial charge in [0.1, 0.15) is 0 Å². The summed E-state index contributed by atoms with van der Waals surface area (Å²) in [5, 5.41) is 7.11. The number of hydrogen-bond acceptors (Lipinski definition) is 3. The zero-order chi connectivity index (χ0) is 12.7. The van der Waals surface area contributed by atoms with Gasteiger partial charge in [-0.15, -0.1) is 0 Å². The molecule has 1 aliphatic heterocycles. The Labute approximate surface area is 103 Å². The van der Waals surface area contributed by atoms with Gasteiger partial charge in [-0.2, -0.15) is 0 Å². The highest BCUT2D eigenvalue weighted by Crippen LogP contribution is 2.47. The van der Waals surface area contributed by atoms with E-state index in [1.165, 1.54) is 0 Å². The quantitative estimate of drug-likeness (QED) is 0.801. The highest BCUT2D eigenvalue weighted by Gasteiger charge is 2.58. The van der Waals surface area contributed by atoms with E-state index >= 15 is 0 Å². The van der Waals surface area contributed by atoms with Crippen LogP contribution in [0, 0.1) is 11.3 Å². The zero-order valence-corrected chi connectivity index (χ0v) is 11.2. The van der Waals surface area contributed by atoms with Crippen LogP contribution in [0.25, 0.3) is 0 Å². The Kier molecular flexibility index (Phi) is 2.92. The summed E-state index contributed by atoms with van der Waals surface area (Å²) >= 11 is 0. The van der Waals surface area contributed by atoms with Crippen LogP contribution in [0.15, 0.2) is 5.16 Å². The van der Waals surface area contributed by atoms with Gasteiger partial charge in [0.05, 0.1) is 11.6 Å². The van der Waals surface area contributed by atoms with E-state index in [2.05, 4.69) is 31.2 Å². The van der Waals surface area contributed by atoms with Crippen molar-refractivity contribution in [3.63, 3.8) is 0 Å². The molecule has 0 aromatic rings. The summed E-state index contributed by atoms with van der Waals surface area (Å²) < 4.78 is 0. The minimum absolute atomic E-state index is 0.00509. The molecule has 1 N–H and O–H groups in total. The third-order valence-corrected chi connectivity index (χ3v) is 3.73. The minimum atomic E-state index is -0.710. The van der Waals surface area contributed by atoms with Gasteiger partial charge < -0.3 is 10.2 Å². The fraction of sp³-hybridized carbons (Fsp3) is 0.846. The van der Waals surface area contributed by atoms with Gasteiger partial charge in [-0.05, 0) is 26.2 Å². The van der Waals surface area contributed by atoms with E-state index in [1.807, 2.05) is 6.92 Å². The summed E-state index contributed by atoms with van der Waals surface area (Å²) in [6.07, 6.45) is 2.83. The Bertz CT molecular complexity index is 357. The van der Waals surface area contributed by atoms with Crippen molar-refractivity contribution >= 4 is 11.6 Å². The van der Waals surface area contributed by atoms with Gasteiger partial charge in [-0.25, -0.2) is 0 Å². The largest absolute Gasteiger partial charge is 0.378 e. The second kappa shape index (κ2) is 4.00. The van der Waals surface area contributed by atoms with Crippen molar-refractivity contribution in [1.29, 1.82) is 0 Å². The van der Waals surface area contributed by atoms with Gasteiger partial charge in [-0.3, -0.25) is 4.79 Å². The number of nitrogens with zero attached hydrogens (tertiary/aromatic N) is 1. The molecular weight excluding hydrogens is 216 g/mol. The highest BCUT2D eigenvalue weighted by atomic mass is 16.7. The van der Waals surface area contributed by atoms with Crippen LogP contribution < -0.4 is 5.32 Å². The van der Waals surface area contributed by atoms with Gasteiger partial charge >= 0.3 is 0 Å². The fourth-order valence-electron chi connectivity index (χ4n) is 2.92. The first-order chi connectivity index (χ1) is 7.92. The molecule has 1 fully saturated rings. The first-order valence-corrected chi connectivity index (χ1v) is 6.46. The molecule has 2 rings (SSSR count). The molecule has 0 aromatic heterocycles. The molecule has 0 spiro atoms. The van der Waals surface area contributed by atoms with Crippen molar-refractivity contribution in [2.24, 2.45) is 16.5 Å². The second-order valence-electron chi connectivity index (χ2n) is 6.01. The van der Waals surface area contributed by atoms with Gasteiger partial charge in [0.25, 0.3) is 5.91 Å². The smallest absolute Gasteiger partial charge is 0.267 e. The van der Waals surface area contributed by atoms with Gasteiger partial charge in [0, 0.05) is 12.0 Å². The zero-order valence-electron chi connectivity index (χ0n) is 11.2. The van der Waals surface area contributed by atoms with E-state index in [0.717, 1.165) is 25.0 Å². The summed E-state index contributed by atoms with van der Waals surface area (Å²) in [7, 11) is 0. The molecule has 4 nitrogen and oxygen atoms in total. The monoisotopic (exact) mass is 238 g/mol. The molecule has 17 heavy (non-hydrogen) atoms. The van der Waals surface area contributed by atoms with Crippen LogP contribution in [0.3, 0.4) is 0 Å². The lowest BCUT2D eigenvalue weighted by atomic mass is 9.76. The van der Waals surface area contributed by atoms with Crippen LogP contribution >= 0.6 is 0 Å². The minimum Gasteiger partial charge on any atom is -0.378 e. The number of fused-ring (bicyclic) bond motifs is 1. The Morgan fingerprint density at radius 1 is 1.59 bits per heavy atom. The number of carbonyl (C=O) groups is 1. The maximum absolute atomic E-state index is 12.2. The third kappa shape index (κ3) is 1.83. The first kappa shape index (κ1) is 12.4. The van der Waals surface area contributed by atoms with E-state index in [-0.39, 0.29) is 17.2 Å². The van der Waals surface area contributed by atoms with Gasteiger partial charge in [0.15, 0.2) is 0 Å². The maximum Gasteiger partial charge on any atom is 0.267 e. The molecule has 0 saturated heterocycles. The SMILES string of the molecule is CCNC(=O)C12CCCC1C(C(C)(C)C)=NO2. The molecule has 2 aliphatic rings. The van der Waals surface area contributed by atoms with Gasteiger partial charge in [0.2, 0.25) is 5.60 Å². The molecule has 0 radical (unpaired) electrons. The summed E-state index contributed by atoms with van der Waals surface area (Å²) in [4.78, 5) is 17.8. The second-order valence-corrected chi connectivity index (χ2v) is 6.01. The first-order valence-electron chi connectivity index (χ1n) is 6.46. The molecule has 1 aliphatic carbocycles. The summed E-state index contributed by atoms with van der Waals surface area (Å²) in [5.41, 5.74) is 0.309. The summed E-state index contributed by atoms with van der Waals surface area (Å²) in [6, 6.07) is 0. The molecule has 2 atom stereocenters. The number of hydrogen-bond donors (Lipinski definition) is 1. The topological polar surface area (TPSA) is 50.7 Å². The molecule has 0 bridgehead atoms. The number of amides is 1. The Morgan fingerprint density at radius 2 is 2.29 bits per heavy atom. The van der Waals surface area contributed by atoms with Crippen LogP contribution in [0.1, 0.15) is 47.0 Å². The lowest BCUT2D eigenvalue weighted by Crippen LogP contribution is -2.50. The molecule has 1 saturated carbocycles. The van der Waals surface area contributed by atoms with E-state index < -0.39 is 5.60 Å². The van der Waals surface area contributed by atoms with E-state index in [1.54, 1.807) is 0 Å². The predicted octanol–water partition coefficient (Wildman–Crippen LogP) is 2.09. The normalized spacial score (nSPS) is 31.8. The van der Waals surface area contributed by atoms with E-state index in [0.29, 0.717) is 6.54 Å². The Morgan fingerprint density at radius 3 is 2.88 bits per heavy atom. The standard InChI is InChI=1S/C13H22N2O2/c1-5-14-11(16)13-8-6-7-9(13)10(15-17-13)12(2,3)4/h9H,5-8H2,1-4H3,(H,14,16). The molecule has 1 amide bonds. The lowest BCUT2D eigenvalue weighted by molar-refractivity contribution is -0.146. The van der Waals surface area contributed by atoms with Crippen molar-refractivity contribution in [3.8, 4) is 0 Å². The number of rotatable bonds is 2. The molecule has 96 valence electrons. The van der Waals surface area contributed by atoms with Crippen LogP contribution in [0.2, 0.25) is 0 Å². The van der Waals surface area contributed by atoms with Crippen molar-refractivity contribution < 1.29 is 9.63 Å². The fourth-order valence-corrected chi connectivity index (χ4v) is 2.92. The number of carbonyl (C=O) groups excluding carboxylic acids is 1. The number of likely N-dealkylation sites (N-methyl/N-ethyl adjacent to an activating group) is 1. The van der Waals surface area contributed by atoms with Crippen molar-refractivity contribution in [3.05, 3.63) is 0 Å². The average molecular weight is 238 g/mol. The van der Waals surface area contributed by atoms with E-state index in [9.17, 15) is 4.79 Å². The van der Waals surface area contributed by atoms with Crippen LogP contribution in [-0.2, 0) is 9.63 Å². The molecule has 0 aromatic carbocycles. The van der Waals surface area contributed by atoms with Crippen molar-refractivity contribution in [1.82, 2.24) is 5.32 Å². The summed E-state index contributed by atoms with van der Waals surface area (Å²) in [5.74, 6) is 0.166. The Hall–Kier alpha value is -1.06. The predicted molar refractivity (Wildman–Crippen MR) is 66.7 cm³/mol. The summed E-state index contributed by atoms with van der Waals surface area (Å²) in [6.45, 7) is 8.95. The number of oxime groups is 1. The van der Waals surface area contributed by atoms with Crippen molar-refractivity contribution in [2.75, 3.05) is 6.54 Å². The molecule has 2 unspecified atom stereocenters. The third-order valence-electron chi connectivity index (χ3n) is 3.73. The van der Waals surface area contributed by atoms with Gasteiger partial charge in [-0.1, -0.05) is 25.9 Å². The highest BCUT2D eigenvalue weighted by molar-refractivity contribution is 6.00. The average Bonchev–Trinajstić information content (AvgIpc) is 2.72. The van der Waals surface area contributed by atoms with Crippen molar-refractivity contribution in [2.45, 2.75) is 52.6 Å². The molecular formula is C13H22N2O2. The maximum atomic E-state index is 12.2. The van der Waals surface area contributed by atoms with Crippen LogP contribution in [-0.4, -0.2) is 23.8 Å². The molecule has 4 heteroatoms. The lowest BCUT2D eigenvalue weighted by Gasteiger charge is -2.28. The Balaban J connectivity index is 2.25.